The van der Waals surface area contributed by atoms with E-state index in [1.807, 2.05) is 37.3 Å². The molecule has 1 aromatic heterocycles. The number of hydrogen-bond acceptors (Lipinski definition) is 4. The number of anilines is 2. The first kappa shape index (κ1) is 17.0. The van der Waals surface area contributed by atoms with Gasteiger partial charge in [-0.3, -0.25) is 4.72 Å². The molecule has 0 aliphatic carbocycles. The van der Waals surface area contributed by atoms with Crippen LogP contribution in [-0.2, 0) is 16.6 Å². The summed E-state index contributed by atoms with van der Waals surface area (Å²) in [6.45, 7) is 2.59. The summed E-state index contributed by atoms with van der Waals surface area (Å²) in [7, 11) is -3.63. The Hall–Kier alpha value is -2.86. The van der Waals surface area contributed by atoms with Gasteiger partial charge in [0.25, 0.3) is 10.0 Å². The average Bonchev–Trinajstić information content (AvgIpc) is 2.62. The van der Waals surface area contributed by atoms with Gasteiger partial charge >= 0.3 is 0 Å². The summed E-state index contributed by atoms with van der Waals surface area (Å²) in [5.41, 5.74) is 2.99. The molecule has 128 valence electrons. The summed E-state index contributed by atoms with van der Waals surface area (Å²) in [5.74, 6) is 0.283. The van der Waals surface area contributed by atoms with E-state index in [0.717, 1.165) is 16.8 Å². The summed E-state index contributed by atoms with van der Waals surface area (Å²) < 4.78 is 27.2. The molecule has 0 fully saturated rings. The van der Waals surface area contributed by atoms with Gasteiger partial charge in [-0.15, -0.1) is 0 Å². The monoisotopic (exact) mass is 353 g/mol. The summed E-state index contributed by atoms with van der Waals surface area (Å²) in [6, 6.07) is 20.1. The predicted molar refractivity (Wildman–Crippen MR) is 100.0 cm³/mol. The molecule has 3 rings (SSSR count). The first-order valence-electron chi connectivity index (χ1n) is 7.86. The van der Waals surface area contributed by atoms with Gasteiger partial charge in [0.2, 0.25) is 0 Å². The second-order valence-electron chi connectivity index (χ2n) is 5.69. The van der Waals surface area contributed by atoms with E-state index >= 15 is 0 Å². The first-order chi connectivity index (χ1) is 12.0. The standard InChI is InChI=1S/C19H19N3O2S/c1-15-7-10-18(11-8-15)25(23,24)22-19-12-9-17(14-21-19)20-13-16-5-3-2-4-6-16/h2-12,14,20H,13H2,1H3,(H,21,22). The zero-order chi connectivity index (χ0) is 17.7. The highest BCUT2D eigenvalue weighted by Crippen LogP contribution is 2.17. The highest BCUT2D eigenvalue weighted by molar-refractivity contribution is 7.92. The molecule has 0 spiro atoms. The molecular weight excluding hydrogens is 334 g/mol. The molecule has 6 heteroatoms. The van der Waals surface area contributed by atoms with Crippen molar-refractivity contribution in [2.24, 2.45) is 0 Å². The second-order valence-corrected chi connectivity index (χ2v) is 7.37. The number of pyridine rings is 1. The van der Waals surface area contributed by atoms with Crippen LogP contribution in [0.1, 0.15) is 11.1 Å². The van der Waals surface area contributed by atoms with E-state index in [1.54, 1.807) is 42.6 Å². The van der Waals surface area contributed by atoms with Crippen molar-refractivity contribution in [2.45, 2.75) is 18.4 Å². The number of sulfonamides is 1. The number of nitrogens with zero attached hydrogens (tertiary/aromatic N) is 1. The normalized spacial score (nSPS) is 11.1. The van der Waals surface area contributed by atoms with E-state index in [2.05, 4.69) is 15.0 Å². The van der Waals surface area contributed by atoms with E-state index in [-0.39, 0.29) is 10.7 Å². The van der Waals surface area contributed by atoms with E-state index in [0.29, 0.717) is 6.54 Å². The molecule has 0 aliphatic rings. The fourth-order valence-corrected chi connectivity index (χ4v) is 3.28. The minimum atomic E-state index is -3.63. The molecule has 0 unspecified atom stereocenters. The Morgan fingerprint density at radius 2 is 1.64 bits per heavy atom. The molecule has 2 N–H and O–H groups in total. The summed E-state index contributed by atoms with van der Waals surface area (Å²) >= 11 is 0. The number of aryl methyl sites for hydroxylation is 1. The van der Waals surface area contributed by atoms with Crippen LogP contribution in [0.15, 0.2) is 77.8 Å². The van der Waals surface area contributed by atoms with Crippen LogP contribution in [0.5, 0.6) is 0 Å². The molecule has 5 nitrogen and oxygen atoms in total. The average molecular weight is 353 g/mol. The molecule has 2 aromatic carbocycles. The van der Waals surface area contributed by atoms with Gasteiger partial charge in [-0.2, -0.15) is 0 Å². The molecule has 0 bridgehead atoms. The molecule has 0 radical (unpaired) electrons. The Morgan fingerprint density at radius 3 is 2.28 bits per heavy atom. The van der Waals surface area contributed by atoms with Crippen LogP contribution in [0.4, 0.5) is 11.5 Å². The second kappa shape index (κ2) is 7.36. The Labute approximate surface area is 147 Å². The lowest BCUT2D eigenvalue weighted by atomic mass is 10.2. The third kappa shape index (κ3) is 4.58. The van der Waals surface area contributed by atoms with Crippen LogP contribution in [-0.4, -0.2) is 13.4 Å². The zero-order valence-corrected chi connectivity index (χ0v) is 14.6. The Morgan fingerprint density at radius 1 is 0.920 bits per heavy atom. The molecule has 0 saturated heterocycles. The van der Waals surface area contributed by atoms with Crippen LogP contribution in [0.25, 0.3) is 0 Å². The lowest BCUT2D eigenvalue weighted by Crippen LogP contribution is -2.14. The van der Waals surface area contributed by atoms with Crippen molar-refractivity contribution in [3.8, 4) is 0 Å². The van der Waals surface area contributed by atoms with Gasteiger partial charge in [0.15, 0.2) is 0 Å². The highest BCUT2D eigenvalue weighted by atomic mass is 32.2. The quantitative estimate of drug-likeness (QED) is 0.707. The molecule has 0 amide bonds. The van der Waals surface area contributed by atoms with Crippen molar-refractivity contribution < 1.29 is 8.42 Å². The third-order valence-corrected chi connectivity index (χ3v) is 5.04. The largest absolute Gasteiger partial charge is 0.380 e. The molecule has 1 heterocycles. The van der Waals surface area contributed by atoms with Crippen molar-refractivity contribution in [3.63, 3.8) is 0 Å². The van der Waals surface area contributed by atoms with Crippen LogP contribution in [0.3, 0.4) is 0 Å². The van der Waals surface area contributed by atoms with Crippen molar-refractivity contribution in [1.82, 2.24) is 4.98 Å². The molecular formula is C19H19N3O2S. The summed E-state index contributed by atoms with van der Waals surface area (Å²) in [6.07, 6.45) is 1.61. The van der Waals surface area contributed by atoms with Gasteiger partial charge in [0, 0.05) is 6.54 Å². The lowest BCUT2D eigenvalue weighted by Gasteiger charge is -2.09. The molecule has 25 heavy (non-hydrogen) atoms. The lowest BCUT2D eigenvalue weighted by molar-refractivity contribution is 0.601. The van der Waals surface area contributed by atoms with Crippen LogP contribution in [0.2, 0.25) is 0 Å². The minimum Gasteiger partial charge on any atom is -0.380 e. The predicted octanol–water partition coefficient (Wildman–Crippen LogP) is 3.80. The van der Waals surface area contributed by atoms with Crippen molar-refractivity contribution >= 4 is 21.5 Å². The molecule has 0 saturated carbocycles. The summed E-state index contributed by atoms with van der Waals surface area (Å²) in [4.78, 5) is 4.38. The fourth-order valence-electron chi connectivity index (χ4n) is 2.27. The van der Waals surface area contributed by atoms with Crippen LogP contribution in [0, 0.1) is 6.92 Å². The van der Waals surface area contributed by atoms with E-state index in [9.17, 15) is 8.42 Å². The number of benzene rings is 2. The van der Waals surface area contributed by atoms with E-state index < -0.39 is 10.0 Å². The Bertz CT molecular complexity index is 923. The highest BCUT2D eigenvalue weighted by Gasteiger charge is 2.14. The Balaban J connectivity index is 1.65. The topological polar surface area (TPSA) is 71.1 Å². The maximum absolute atomic E-state index is 12.3. The van der Waals surface area contributed by atoms with Gasteiger partial charge < -0.3 is 5.32 Å². The van der Waals surface area contributed by atoms with Gasteiger partial charge in [0.1, 0.15) is 5.82 Å². The van der Waals surface area contributed by atoms with Gasteiger partial charge in [-0.1, -0.05) is 48.0 Å². The Kier molecular flexibility index (Phi) is 5.00. The van der Waals surface area contributed by atoms with Crippen LogP contribution >= 0.6 is 0 Å². The van der Waals surface area contributed by atoms with Crippen molar-refractivity contribution in [1.29, 1.82) is 0 Å². The smallest absolute Gasteiger partial charge is 0.263 e. The summed E-state index contributed by atoms with van der Waals surface area (Å²) in [5, 5.41) is 3.25. The minimum absolute atomic E-state index is 0.214. The van der Waals surface area contributed by atoms with E-state index in [4.69, 9.17) is 0 Å². The maximum atomic E-state index is 12.3. The van der Waals surface area contributed by atoms with E-state index in [1.165, 1.54) is 0 Å². The molecule has 3 aromatic rings. The third-order valence-electron chi connectivity index (χ3n) is 3.67. The van der Waals surface area contributed by atoms with Gasteiger partial charge in [-0.05, 0) is 36.8 Å². The number of rotatable bonds is 6. The van der Waals surface area contributed by atoms with Crippen molar-refractivity contribution in [2.75, 3.05) is 10.0 Å². The first-order valence-corrected chi connectivity index (χ1v) is 9.35. The van der Waals surface area contributed by atoms with Crippen molar-refractivity contribution in [3.05, 3.63) is 84.1 Å². The number of nitrogens with one attached hydrogen (secondary N) is 2. The number of aromatic nitrogens is 1. The SMILES string of the molecule is Cc1ccc(S(=O)(=O)Nc2ccc(NCc3ccccc3)cn2)cc1. The molecule has 0 atom stereocenters. The maximum Gasteiger partial charge on any atom is 0.263 e. The van der Waals surface area contributed by atoms with Gasteiger partial charge in [-0.25, -0.2) is 13.4 Å². The fraction of sp³-hybridized carbons (Fsp3) is 0.105. The molecule has 0 aliphatic heterocycles. The van der Waals surface area contributed by atoms with Crippen LogP contribution < -0.4 is 10.0 Å². The zero-order valence-electron chi connectivity index (χ0n) is 13.8. The van der Waals surface area contributed by atoms with Gasteiger partial charge in [0.05, 0.1) is 16.8 Å². The number of hydrogen-bond donors (Lipinski definition) is 2.